The van der Waals surface area contributed by atoms with Crippen LogP contribution in [0.25, 0.3) is 0 Å². The average Bonchev–Trinajstić information content (AvgIpc) is 2.59. The second-order valence-electron chi connectivity index (χ2n) is 6.47. The van der Waals surface area contributed by atoms with Gasteiger partial charge in [0.05, 0.1) is 0 Å². The molecule has 1 aliphatic rings. The number of halogens is 1. The van der Waals surface area contributed by atoms with Gasteiger partial charge in [-0.25, -0.2) is 0 Å². The van der Waals surface area contributed by atoms with Gasteiger partial charge in [0.1, 0.15) is 0 Å². The molecule has 1 fully saturated rings. The summed E-state index contributed by atoms with van der Waals surface area (Å²) in [5, 5.41) is 6.38. The van der Waals surface area contributed by atoms with Crippen molar-refractivity contribution in [1.82, 2.24) is 10.2 Å². The molecule has 0 unspecified atom stereocenters. The highest BCUT2D eigenvalue weighted by molar-refractivity contribution is 5.91. The van der Waals surface area contributed by atoms with E-state index in [0.29, 0.717) is 25.4 Å². The molecule has 2 rings (SSSR count). The van der Waals surface area contributed by atoms with Gasteiger partial charge in [-0.3, -0.25) is 9.59 Å². The first kappa shape index (κ1) is 21.5. The number of hydrogen-bond acceptors (Lipinski definition) is 3. The molecule has 2 amide bonds. The maximum absolute atomic E-state index is 12.3. The maximum atomic E-state index is 12.3. The highest BCUT2D eigenvalue weighted by atomic mass is 35.5. The molecule has 6 heteroatoms. The smallest absolute Gasteiger partial charge is 0.224 e. The SMILES string of the molecule is CCN(Cc1ccccc1NC(=O)CCC1CCNCC1)C(C)=O.Cl. The number of piperidine rings is 1. The Hall–Kier alpha value is -1.59. The number of nitrogens with zero attached hydrogens (tertiary/aromatic N) is 1. The Balaban J connectivity index is 0.00000312. The van der Waals surface area contributed by atoms with Crippen molar-refractivity contribution in [2.24, 2.45) is 5.92 Å². The number of rotatable bonds is 7. The van der Waals surface area contributed by atoms with E-state index < -0.39 is 0 Å². The molecule has 1 aromatic rings. The number of carbonyl (C=O) groups excluding carboxylic acids is 2. The summed E-state index contributed by atoms with van der Waals surface area (Å²) < 4.78 is 0. The van der Waals surface area contributed by atoms with Gasteiger partial charge < -0.3 is 15.5 Å². The Bertz CT molecular complexity index is 559. The maximum Gasteiger partial charge on any atom is 0.224 e. The van der Waals surface area contributed by atoms with Gasteiger partial charge in [0.25, 0.3) is 0 Å². The topological polar surface area (TPSA) is 61.4 Å². The first-order valence-corrected chi connectivity index (χ1v) is 8.94. The summed E-state index contributed by atoms with van der Waals surface area (Å²) in [6, 6.07) is 7.73. The van der Waals surface area contributed by atoms with Crippen LogP contribution in [0, 0.1) is 5.92 Å². The van der Waals surface area contributed by atoms with Gasteiger partial charge in [-0.15, -0.1) is 12.4 Å². The zero-order valence-electron chi connectivity index (χ0n) is 15.2. The molecule has 1 aromatic carbocycles. The second-order valence-corrected chi connectivity index (χ2v) is 6.47. The zero-order valence-corrected chi connectivity index (χ0v) is 16.0. The van der Waals surface area contributed by atoms with Crippen molar-refractivity contribution in [1.29, 1.82) is 0 Å². The third kappa shape index (κ3) is 7.04. The fraction of sp³-hybridized carbons (Fsp3) is 0.579. The summed E-state index contributed by atoms with van der Waals surface area (Å²) in [5.41, 5.74) is 1.79. The van der Waals surface area contributed by atoms with Crippen molar-refractivity contribution >= 4 is 29.9 Å². The molecule has 1 heterocycles. The quantitative estimate of drug-likeness (QED) is 0.778. The average molecular weight is 368 g/mol. The lowest BCUT2D eigenvalue weighted by Gasteiger charge is -2.23. The summed E-state index contributed by atoms with van der Waals surface area (Å²) >= 11 is 0. The van der Waals surface area contributed by atoms with E-state index in [0.717, 1.165) is 43.6 Å². The number of para-hydroxylation sites is 1. The minimum absolute atomic E-state index is 0. The van der Waals surface area contributed by atoms with Gasteiger partial charge in [-0.2, -0.15) is 0 Å². The summed E-state index contributed by atoms with van der Waals surface area (Å²) in [5.74, 6) is 0.761. The molecule has 0 aromatic heterocycles. The van der Waals surface area contributed by atoms with E-state index in [-0.39, 0.29) is 24.2 Å². The summed E-state index contributed by atoms with van der Waals surface area (Å²) in [4.78, 5) is 25.7. The van der Waals surface area contributed by atoms with Crippen LogP contribution in [0.1, 0.15) is 45.1 Å². The Morgan fingerprint density at radius 1 is 1.24 bits per heavy atom. The van der Waals surface area contributed by atoms with E-state index in [1.807, 2.05) is 31.2 Å². The predicted molar refractivity (Wildman–Crippen MR) is 104 cm³/mol. The molecule has 0 aliphatic carbocycles. The highest BCUT2D eigenvalue weighted by Gasteiger charge is 2.16. The fourth-order valence-electron chi connectivity index (χ4n) is 3.15. The molecule has 140 valence electrons. The Kier molecular flexibility index (Phi) is 9.53. The monoisotopic (exact) mass is 367 g/mol. The number of hydrogen-bond donors (Lipinski definition) is 2. The van der Waals surface area contributed by atoms with Crippen LogP contribution >= 0.6 is 12.4 Å². The van der Waals surface area contributed by atoms with Gasteiger partial charge in [0.15, 0.2) is 0 Å². The molecule has 0 atom stereocenters. The van der Waals surface area contributed by atoms with Crippen molar-refractivity contribution in [3.8, 4) is 0 Å². The van der Waals surface area contributed by atoms with E-state index in [4.69, 9.17) is 0 Å². The van der Waals surface area contributed by atoms with Crippen LogP contribution in [0.4, 0.5) is 5.69 Å². The van der Waals surface area contributed by atoms with Crippen molar-refractivity contribution in [2.45, 2.75) is 46.1 Å². The van der Waals surface area contributed by atoms with E-state index in [1.165, 1.54) is 0 Å². The summed E-state index contributed by atoms with van der Waals surface area (Å²) in [6.07, 6.45) is 3.83. The standard InChI is InChI=1S/C19H29N3O2.ClH/c1-3-22(15(2)23)14-17-6-4-5-7-18(17)21-19(24)9-8-16-10-12-20-13-11-16;/h4-7,16,20H,3,8-14H2,1-2H3,(H,21,24);1H. The minimum Gasteiger partial charge on any atom is -0.339 e. The number of benzene rings is 1. The van der Waals surface area contributed by atoms with E-state index in [2.05, 4.69) is 10.6 Å². The van der Waals surface area contributed by atoms with E-state index in [9.17, 15) is 9.59 Å². The third-order valence-electron chi connectivity index (χ3n) is 4.72. The minimum atomic E-state index is 0. The zero-order chi connectivity index (χ0) is 17.4. The molecule has 2 N–H and O–H groups in total. The molecule has 0 saturated carbocycles. The number of carbonyl (C=O) groups is 2. The van der Waals surface area contributed by atoms with Crippen molar-refractivity contribution in [2.75, 3.05) is 25.0 Å². The van der Waals surface area contributed by atoms with Gasteiger partial charge in [0, 0.05) is 32.1 Å². The largest absolute Gasteiger partial charge is 0.339 e. The van der Waals surface area contributed by atoms with Crippen molar-refractivity contribution in [3.05, 3.63) is 29.8 Å². The molecule has 5 nitrogen and oxygen atoms in total. The number of nitrogens with one attached hydrogen (secondary N) is 2. The van der Waals surface area contributed by atoms with Crippen LogP contribution in [-0.2, 0) is 16.1 Å². The Labute approximate surface area is 157 Å². The molecule has 0 spiro atoms. The van der Waals surface area contributed by atoms with Crippen LogP contribution < -0.4 is 10.6 Å². The van der Waals surface area contributed by atoms with Gasteiger partial charge in [-0.05, 0) is 56.8 Å². The molecule has 1 aliphatic heterocycles. The molecule has 1 saturated heterocycles. The van der Waals surface area contributed by atoms with Crippen LogP contribution in [0.3, 0.4) is 0 Å². The van der Waals surface area contributed by atoms with Crippen LogP contribution in [0.15, 0.2) is 24.3 Å². The molecule has 0 radical (unpaired) electrons. The first-order chi connectivity index (χ1) is 11.6. The van der Waals surface area contributed by atoms with Crippen LogP contribution in [0.5, 0.6) is 0 Å². The fourth-order valence-corrected chi connectivity index (χ4v) is 3.15. The van der Waals surface area contributed by atoms with E-state index >= 15 is 0 Å². The van der Waals surface area contributed by atoms with Gasteiger partial charge in [-0.1, -0.05) is 18.2 Å². The molecular weight excluding hydrogens is 338 g/mol. The lowest BCUT2D eigenvalue weighted by atomic mass is 9.93. The number of anilines is 1. The van der Waals surface area contributed by atoms with Crippen LogP contribution in [0.2, 0.25) is 0 Å². The highest BCUT2D eigenvalue weighted by Crippen LogP contribution is 2.20. The van der Waals surface area contributed by atoms with Crippen molar-refractivity contribution < 1.29 is 9.59 Å². The van der Waals surface area contributed by atoms with Crippen LogP contribution in [-0.4, -0.2) is 36.3 Å². The van der Waals surface area contributed by atoms with Crippen molar-refractivity contribution in [3.63, 3.8) is 0 Å². The molecular formula is C19H30ClN3O2. The summed E-state index contributed by atoms with van der Waals surface area (Å²) in [6.45, 7) is 6.84. The van der Waals surface area contributed by atoms with Gasteiger partial charge >= 0.3 is 0 Å². The Morgan fingerprint density at radius 3 is 2.56 bits per heavy atom. The third-order valence-corrected chi connectivity index (χ3v) is 4.72. The Morgan fingerprint density at radius 2 is 1.92 bits per heavy atom. The van der Waals surface area contributed by atoms with E-state index in [1.54, 1.807) is 11.8 Å². The number of amides is 2. The molecule has 25 heavy (non-hydrogen) atoms. The molecule has 0 bridgehead atoms. The second kappa shape index (κ2) is 11.1. The lowest BCUT2D eigenvalue weighted by molar-refractivity contribution is -0.129. The lowest BCUT2D eigenvalue weighted by Crippen LogP contribution is -2.29. The van der Waals surface area contributed by atoms with Gasteiger partial charge in [0.2, 0.25) is 11.8 Å². The first-order valence-electron chi connectivity index (χ1n) is 8.94. The summed E-state index contributed by atoms with van der Waals surface area (Å²) in [7, 11) is 0. The predicted octanol–water partition coefficient (Wildman–Crippen LogP) is 3.20. The normalized spacial score (nSPS) is 14.5.